The molecule has 3 saturated heterocycles. The number of aromatic nitrogens is 8. The standard InChI is InChI=1S/C20H30F3N6O7PS2.C18H28Cl2F2N5O12P3S2.3CH4.Na/c1-38-9-3-24-16-13-17(27-19(26-16)39-8-2-20(21,22)23)29(11-25-13)18-15(31)14(30)12(36-18)10-35-37(32,33)28-4-6-34-7-5-28;1-17(21,22)3-5-44-16-25-13(23-4-6-43-2)10-14(26-16)27(8-24-10)15-12(29)11(28)9(38-15)7-37-42(35,36)39-41(33,34)18(19,20)40(30,31)32;;;;/h11-12,14-15,18,30-31H,2-10H2,1H3,(H,32,33)(H,24,26,27);8-9,11-12,15,28-29H,3-7H2,1-2H3,(H,33,34)(H,35,36)(H,23,25,26)(H2,30,31,32);3*1H4;/q;;;;;+1/p-3/t12-,14-,15-,18-;9-,11-,12-,15-;;;;/m11..../s1. The number of alkyl halides is 7. The van der Waals surface area contributed by atoms with Crippen molar-refractivity contribution >= 4 is 135 Å². The van der Waals surface area contributed by atoms with E-state index >= 15 is 0 Å². The number of aliphatic hydroxyl groups is 4. The van der Waals surface area contributed by atoms with E-state index in [0.717, 1.165) is 40.9 Å². The molecule has 0 radical (unpaired) electrons. The second-order valence-electron chi connectivity index (χ2n) is 17.9. The first-order chi connectivity index (χ1) is 38.6. The molecule has 496 valence electrons. The van der Waals surface area contributed by atoms with Gasteiger partial charge in [0.05, 0.1) is 45.5 Å². The van der Waals surface area contributed by atoms with Gasteiger partial charge in [-0.25, -0.2) is 43.4 Å². The topological polar surface area (TPSA) is 429 Å². The molecule has 7 heterocycles. The average molecular weight is 1460 g/mol. The Hall–Kier alpha value is -0.390. The number of morpholine rings is 1. The molecule has 0 aliphatic carbocycles. The predicted octanol–water partition coefficient (Wildman–Crippen LogP) is 1.67. The number of aliphatic hydroxyl groups excluding tert-OH is 4. The van der Waals surface area contributed by atoms with Gasteiger partial charge in [-0.15, -0.1) is 0 Å². The SMILES string of the molecule is C.C.C.CSCCNc1nc(SCCC(C)(F)F)nc2c1ncn2[C@@H]1O[C@H](COP(=O)([O-])OP(=O)([O-])C(Cl)(Cl)P(=O)(O)O)[C@@H](O)[C@H]1O.CSCCNc1nc(SCCC(F)(F)F)nc2c1ncn2[C@@H]1O[C@H](COP(=O)([O-])N2CCOCC2)[C@@H](O)[C@H]1O.[Na+]. The molecule has 4 aromatic heterocycles. The van der Waals surface area contributed by atoms with Gasteiger partial charge in [0.1, 0.15) is 36.6 Å². The predicted molar refractivity (Wildman–Crippen MR) is 308 cm³/mol. The molecule has 3 fully saturated rings. The van der Waals surface area contributed by atoms with Crippen LogP contribution in [0.2, 0.25) is 0 Å². The fourth-order valence-electron chi connectivity index (χ4n) is 7.43. The number of phosphoric acid groups is 1. The van der Waals surface area contributed by atoms with Crippen molar-refractivity contribution < 1.29 is 142 Å². The number of phosphoric ester groups is 1. The zero-order valence-electron chi connectivity index (χ0n) is 44.3. The zero-order valence-corrected chi connectivity index (χ0v) is 54.6. The Morgan fingerprint density at radius 1 is 0.701 bits per heavy atom. The molecule has 7 rings (SSSR count). The number of nitrogens with one attached hydrogen (secondary N) is 2. The first-order valence-corrected chi connectivity index (χ1v) is 35.6. The third-order valence-corrected chi connectivity index (χ3v) is 23.7. The van der Waals surface area contributed by atoms with Gasteiger partial charge in [0, 0.05) is 55.6 Å². The van der Waals surface area contributed by atoms with Crippen LogP contribution >= 0.6 is 101 Å². The third kappa shape index (κ3) is 22.4. The average Bonchev–Trinajstić information content (AvgIpc) is 1.86. The van der Waals surface area contributed by atoms with Crippen molar-refractivity contribution in [2.75, 3.05) is 98.8 Å². The number of thioether (sulfide) groups is 4. The molecule has 0 saturated carbocycles. The molecule has 87 heavy (non-hydrogen) atoms. The van der Waals surface area contributed by atoms with Gasteiger partial charge in [-0.1, -0.05) is 69.0 Å². The van der Waals surface area contributed by atoms with Crippen LogP contribution < -0.4 is 54.9 Å². The second kappa shape index (κ2) is 34.9. The molecular formula is C41H67Cl2F5N11NaO19P4S4-2. The molecule has 11 atom stereocenters. The van der Waals surface area contributed by atoms with E-state index in [9.17, 15) is 75.3 Å². The molecule has 3 unspecified atom stereocenters. The third-order valence-electron chi connectivity index (χ3n) is 11.6. The summed E-state index contributed by atoms with van der Waals surface area (Å²) in [5.41, 5.74) is 0.698. The molecule has 0 spiro atoms. The van der Waals surface area contributed by atoms with Crippen molar-refractivity contribution in [2.24, 2.45) is 0 Å². The summed E-state index contributed by atoms with van der Waals surface area (Å²) in [4.78, 5) is 80.6. The summed E-state index contributed by atoms with van der Waals surface area (Å²) >= 11 is 15.1. The van der Waals surface area contributed by atoms with E-state index in [2.05, 4.69) is 49.4 Å². The first kappa shape index (κ1) is 82.7. The van der Waals surface area contributed by atoms with Crippen molar-refractivity contribution in [3.63, 3.8) is 0 Å². The van der Waals surface area contributed by atoms with Crippen molar-refractivity contribution in [1.29, 1.82) is 0 Å². The van der Waals surface area contributed by atoms with Crippen LogP contribution in [-0.2, 0) is 45.8 Å². The molecule has 30 nitrogen and oxygen atoms in total. The maximum absolute atomic E-state index is 13.3. The van der Waals surface area contributed by atoms with E-state index in [0.29, 0.717) is 24.7 Å². The van der Waals surface area contributed by atoms with E-state index in [1.807, 2.05) is 12.5 Å². The molecule has 0 aromatic carbocycles. The van der Waals surface area contributed by atoms with Crippen LogP contribution in [0.3, 0.4) is 0 Å². The van der Waals surface area contributed by atoms with Crippen LogP contribution in [0.25, 0.3) is 22.3 Å². The number of fused-ring (bicyclic) bond motifs is 2. The van der Waals surface area contributed by atoms with Gasteiger partial charge in [-0.3, -0.25) is 27.1 Å². The van der Waals surface area contributed by atoms with Gasteiger partial charge >= 0.3 is 43.3 Å². The van der Waals surface area contributed by atoms with Crippen molar-refractivity contribution in [3.8, 4) is 0 Å². The van der Waals surface area contributed by atoms with Crippen molar-refractivity contribution in [1.82, 2.24) is 43.7 Å². The molecule has 4 aromatic rings. The Balaban J connectivity index is 0.000000570. The fraction of sp³-hybridized carbons (Fsp3) is 0.756. The molecule has 46 heteroatoms. The van der Waals surface area contributed by atoms with Gasteiger partial charge < -0.3 is 83.3 Å². The summed E-state index contributed by atoms with van der Waals surface area (Å²) in [6.45, 7) is 0.773. The minimum atomic E-state index is -6.26. The van der Waals surface area contributed by atoms with Crippen LogP contribution in [0.15, 0.2) is 23.0 Å². The minimum absolute atomic E-state index is 0. The minimum Gasteiger partial charge on any atom is -0.776 e. The number of nitrogens with zero attached hydrogens (tertiary/aromatic N) is 9. The number of anilines is 2. The normalized spacial score (nSPS) is 24.1. The summed E-state index contributed by atoms with van der Waals surface area (Å²) < 4.78 is 142. The summed E-state index contributed by atoms with van der Waals surface area (Å²) in [7, 11) is -22.5. The van der Waals surface area contributed by atoms with Crippen molar-refractivity contribution in [2.45, 2.75) is 117 Å². The van der Waals surface area contributed by atoms with Gasteiger partial charge in [0.15, 0.2) is 64.3 Å². The molecule has 8 N–H and O–H groups in total. The maximum atomic E-state index is 13.3. The van der Waals surface area contributed by atoms with Crippen LogP contribution in [0.1, 0.15) is 54.5 Å². The number of halogens is 7. The van der Waals surface area contributed by atoms with Crippen LogP contribution in [0.5, 0.6) is 0 Å². The van der Waals surface area contributed by atoms with E-state index in [1.165, 1.54) is 21.8 Å². The number of ether oxygens (including phenoxy) is 3. The number of hydrogen-bond donors (Lipinski definition) is 8. The molecule has 0 amide bonds. The largest absolute Gasteiger partial charge is 1.00 e. The quantitative estimate of drug-likeness (QED) is 0.00762. The van der Waals surface area contributed by atoms with E-state index < -0.39 is 122 Å². The Morgan fingerprint density at radius 3 is 1.53 bits per heavy atom. The number of hydrogen-bond acceptors (Lipinski definition) is 29. The van der Waals surface area contributed by atoms with E-state index in [4.69, 9.17) is 51.7 Å². The fourth-order valence-corrected chi connectivity index (χ4v) is 15.1. The second-order valence-corrected chi connectivity index (χ2v) is 31.7. The van der Waals surface area contributed by atoms with Gasteiger partial charge in [-0.2, -0.15) is 36.7 Å². The van der Waals surface area contributed by atoms with Gasteiger partial charge in [0.2, 0.25) is 13.7 Å². The summed E-state index contributed by atoms with van der Waals surface area (Å²) in [6, 6.07) is 0. The number of rotatable bonds is 28. The summed E-state index contributed by atoms with van der Waals surface area (Å²) in [5.74, 6) is -1.30. The molecule has 3 aliphatic heterocycles. The zero-order chi connectivity index (χ0) is 61.5. The maximum Gasteiger partial charge on any atom is 1.00 e. The van der Waals surface area contributed by atoms with Crippen LogP contribution in [-0.4, -0.2) is 215 Å². The van der Waals surface area contributed by atoms with Gasteiger partial charge in [-0.05, 0) is 19.4 Å². The molecular weight excluding hydrogens is 1390 g/mol. The van der Waals surface area contributed by atoms with Crippen molar-refractivity contribution in [3.05, 3.63) is 12.7 Å². The first-order valence-electron chi connectivity index (χ1n) is 24.0. The smallest absolute Gasteiger partial charge is 0.776 e. The Morgan fingerprint density at radius 2 is 1.13 bits per heavy atom. The summed E-state index contributed by atoms with van der Waals surface area (Å²) in [5, 5.41) is 48.8. The monoisotopic (exact) mass is 1460 g/mol. The summed E-state index contributed by atoms with van der Waals surface area (Å²) in [6.07, 6.45) is -11.7. The number of imidazole rings is 2. The van der Waals surface area contributed by atoms with E-state index in [-0.39, 0.29) is 128 Å². The molecule has 0 bridgehead atoms. The van der Waals surface area contributed by atoms with E-state index in [1.54, 1.807) is 23.5 Å². The molecule has 3 aliphatic rings. The van der Waals surface area contributed by atoms with Gasteiger partial charge in [0.25, 0.3) is 11.6 Å². The Labute approximate surface area is 545 Å². The van der Waals surface area contributed by atoms with Crippen LogP contribution in [0.4, 0.5) is 33.6 Å². The Bertz CT molecular complexity index is 3030. The Kier molecular flexibility index (Phi) is 33.1. The van der Waals surface area contributed by atoms with Crippen LogP contribution in [0, 0.1) is 0 Å².